The first-order valence-corrected chi connectivity index (χ1v) is 9.63. The Morgan fingerprint density at radius 1 is 1.07 bits per heavy atom. The first kappa shape index (κ1) is 24.9. The molecule has 0 spiro atoms. The third-order valence-corrected chi connectivity index (χ3v) is 4.34. The van der Waals surface area contributed by atoms with Crippen LogP contribution in [0.5, 0.6) is 0 Å². The van der Waals surface area contributed by atoms with E-state index in [4.69, 9.17) is 0 Å². The molecule has 0 heterocycles. The van der Waals surface area contributed by atoms with Gasteiger partial charge in [-0.3, -0.25) is 4.79 Å². The number of guanidine groups is 1. The molecular weight excluding hydrogens is 479 g/mol. The van der Waals surface area contributed by atoms with Crippen molar-refractivity contribution < 1.29 is 9.90 Å². The van der Waals surface area contributed by atoms with Gasteiger partial charge in [-0.1, -0.05) is 49.4 Å². The quantitative estimate of drug-likeness (QED) is 0.250. The van der Waals surface area contributed by atoms with E-state index >= 15 is 0 Å². The van der Waals surface area contributed by atoms with E-state index in [1.807, 2.05) is 61.5 Å². The molecule has 29 heavy (non-hydrogen) atoms. The third-order valence-electron chi connectivity index (χ3n) is 4.34. The average molecular weight is 510 g/mol. The molecule has 0 aliphatic heterocycles. The molecule has 6 nitrogen and oxygen atoms in total. The van der Waals surface area contributed by atoms with Gasteiger partial charge >= 0.3 is 0 Å². The highest BCUT2D eigenvalue weighted by atomic mass is 127. The zero-order valence-corrected chi connectivity index (χ0v) is 19.6. The second kappa shape index (κ2) is 12.4. The molecule has 0 saturated heterocycles. The summed E-state index contributed by atoms with van der Waals surface area (Å²) in [4.78, 5) is 16.5. The van der Waals surface area contributed by atoms with E-state index in [1.165, 1.54) is 5.56 Å². The van der Waals surface area contributed by atoms with Gasteiger partial charge in [0, 0.05) is 12.2 Å². The van der Waals surface area contributed by atoms with Crippen molar-refractivity contribution in [2.45, 2.75) is 32.8 Å². The molecule has 2 aromatic carbocycles. The summed E-state index contributed by atoms with van der Waals surface area (Å²) >= 11 is 0. The van der Waals surface area contributed by atoms with Gasteiger partial charge in [0.1, 0.15) is 12.1 Å². The smallest absolute Gasteiger partial charge is 0.246 e. The van der Waals surface area contributed by atoms with Crippen LogP contribution in [0.2, 0.25) is 0 Å². The molecule has 7 heteroatoms. The lowest BCUT2D eigenvalue weighted by Gasteiger charge is -2.25. The largest absolute Gasteiger partial charge is 0.384 e. The van der Waals surface area contributed by atoms with E-state index in [9.17, 15) is 9.90 Å². The van der Waals surface area contributed by atoms with Crippen molar-refractivity contribution in [1.82, 2.24) is 10.6 Å². The predicted octanol–water partition coefficient (Wildman–Crippen LogP) is 3.27. The highest BCUT2D eigenvalue weighted by Gasteiger charge is 2.23. The molecule has 0 saturated carbocycles. The van der Waals surface area contributed by atoms with Crippen LogP contribution in [0, 0.1) is 0 Å². The zero-order chi connectivity index (χ0) is 20.4. The SMILES string of the molecule is CCNC(=NCC(=O)Nc1cccc(CC)c1)NCC(C)(O)c1ccccc1.I. The molecule has 0 bridgehead atoms. The fourth-order valence-electron chi connectivity index (χ4n) is 2.72. The van der Waals surface area contributed by atoms with Crippen molar-refractivity contribution in [3.8, 4) is 0 Å². The number of benzene rings is 2. The van der Waals surface area contributed by atoms with Crippen molar-refractivity contribution in [2.75, 3.05) is 25.0 Å². The molecule has 0 aromatic heterocycles. The van der Waals surface area contributed by atoms with E-state index < -0.39 is 5.60 Å². The fraction of sp³-hybridized carbons (Fsp3) is 0.364. The summed E-state index contributed by atoms with van der Waals surface area (Å²) in [6, 6.07) is 17.2. The maximum atomic E-state index is 12.2. The number of aliphatic hydroxyl groups is 1. The Morgan fingerprint density at radius 2 is 1.79 bits per heavy atom. The van der Waals surface area contributed by atoms with Gasteiger partial charge in [-0.2, -0.15) is 0 Å². The van der Waals surface area contributed by atoms with Crippen LogP contribution >= 0.6 is 24.0 Å². The number of anilines is 1. The van der Waals surface area contributed by atoms with E-state index in [2.05, 4.69) is 27.9 Å². The maximum absolute atomic E-state index is 12.2. The standard InChI is InChI=1S/C22H30N4O2.HI/c1-4-17-10-9-13-19(14-17)26-20(27)15-24-21(23-5-2)25-16-22(3,28)18-11-7-6-8-12-18;/h6-14,28H,4-5,15-16H2,1-3H3,(H,26,27)(H2,23,24,25);1H. The molecule has 1 atom stereocenters. The van der Waals surface area contributed by atoms with Crippen LogP contribution in [0.25, 0.3) is 0 Å². The summed E-state index contributed by atoms with van der Waals surface area (Å²) in [6.45, 7) is 6.67. The molecule has 1 unspecified atom stereocenters. The Balaban J connectivity index is 0.00000420. The number of aryl methyl sites for hydroxylation is 1. The Hall–Kier alpha value is -2.13. The summed E-state index contributed by atoms with van der Waals surface area (Å²) in [5.74, 6) is 0.288. The van der Waals surface area contributed by atoms with E-state index in [1.54, 1.807) is 6.92 Å². The Labute approximate surface area is 190 Å². The molecule has 0 radical (unpaired) electrons. The lowest BCUT2D eigenvalue weighted by molar-refractivity contribution is -0.114. The molecule has 2 aromatic rings. The minimum absolute atomic E-state index is 0. The normalized spacial score (nSPS) is 13.0. The molecule has 158 valence electrons. The minimum Gasteiger partial charge on any atom is -0.384 e. The predicted molar refractivity (Wildman–Crippen MR) is 130 cm³/mol. The number of rotatable bonds is 8. The van der Waals surface area contributed by atoms with E-state index in [0.29, 0.717) is 12.5 Å². The summed E-state index contributed by atoms with van der Waals surface area (Å²) in [5, 5.41) is 19.8. The van der Waals surface area contributed by atoms with Gasteiger partial charge in [0.2, 0.25) is 5.91 Å². The molecule has 0 fully saturated rings. The topological polar surface area (TPSA) is 85.8 Å². The lowest BCUT2D eigenvalue weighted by Crippen LogP contribution is -2.44. The van der Waals surface area contributed by atoms with Crippen LogP contribution in [0.15, 0.2) is 59.6 Å². The van der Waals surface area contributed by atoms with Gasteiger partial charge in [-0.15, -0.1) is 24.0 Å². The molecule has 2 rings (SSSR count). The summed E-state index contributed by atoms with van der Waals surface area (Å²) in [5.41, 5.74) is 1.69. The van der Waals surface area contributed by atoms with Crippen molar-refractivity contribution in [3.63, 3.8) is 0 Å². The van der Waals surface area contributed by atoms with Gasteiger partial charge < -0.3 is 21.1 Å². The Bertz CT molecular complexity index is 794. The summed E-state index contributed by atoms with van der Waals surface area (Å²) in [6.07, 6.45) is 0.914. The van der Waals surface area contributed by atoms with Gasteiger partial charge in [0.25, 0.3) is 0 Å². The monoisotopic (exact) mass is 510 g/mol. The van der Waals surface area contributed by atoms with Crippen LogP contribution in [-0.4, -0.2) is 36.6 Å². The fourth-order valence-corrected chi connectivity index (χ4v) is 2.72. The number of hydrogen-bond donors (Lipinski definition) is 4. The second-order valence-corrected chi connectivity index (χ2v) is 6.79. The second-order valence-electron chi connectivity index (χ2n) is 6.79. The third kappa shape index (κ3) is 8.41. The number of amides is 1. The molecule has 1 amide bonds. The zero-order valence-electron chi connectivity index (χ0n) is 17.2. The number of carbonyl (C=O) groups excluding carboxylic acids is 1. The molecule has 0 aliphatic rings. The van der Waals surface area contributed by atoms with E-state index in [-0.39, 0.29) is 43.0 Å². The van der Waals surface area contributed by atoms with Gasteiger partial charge in [-0.05, 0) is 43.5 Å². The number of aliphatic imine (C=N–C) groups is 1. The van der Waals surface area contributed by atoms with Gasteiger partial charge in [-0.25, -0.2) is 4.99 Å². The molecular formula is C22H31IN4O2. The van der Waals surface area contributed by atoms with Crippen molar-refractivity contribution in [3.05, 3.63) is 65.7 Å². The number of nitrogens with zero attached hydrogens (tertiary/aromatic N) is 1. The number of nitrogens with one attached hydrogen (secondary N) is 3. The first-order valence-electron chi connectivity index (χ1n) is 9.63. The lowest BCUT2D eigenvalue weighted by atomic mass is 9.96. The first-order chi connectivity index (χ1) is 13.4. The maximum Gasteiger partial charge on any atom is 0.246 e. The Morgan fingerprint density at radius 3 is 2.45 bits per heavy atom. The highest BCUT2D eigenvalue weighted by molar-refractivity contribution is 14.0. The van der Waals surface area contributed by atoms with Crippen molar-refractivity contribution >= 4 is 41.5 Å². The number of hydrogen-bond acceptors (Lipinski definition) is 3. The minimum atomic E-state index is -1.06. The van der Waals surface area contributed by atoms with Gasteiger partial charge in [0.05, 0.1) is 6.54 Å². The molecule has 4 N–H and O–H groups in total. The van der Waals surface area contributed by atoms with Gasteiger partial charge in [0.15, 0.2) is 5.96 Å². The number of halogens is 1. The summed E-state index contributed by atoms with van der Waals surface area (Å²) < 4.78 is 0. The highest BCUT2D eigenvalue weighted by Crippen LogP contribution is 2.18. The van der Waals surface area contributed by atoms with Crippen LogP contribution in [0.4, 0.5) is 5.69 Å². The van der Waals surface area contributed by atoms with E-state index in [0.717, 1.165) is 17.7 Å². The van der Waals surface area contributed by atoms with Crippen molar-refractivity contribution in [1.29, 1.82) is 0 Å². The van der Waals surface area contributed by atoms with Crippen LogP contribution in [-0.2, 0) is 16.8 Å². The van der Waals surface area contributed by atoms with Crippen LogP contribution < -0.4 is 16.0 Å². The van der Waals surface area contributed by atoms with Crippen molar-refractivity contribution in [2.24, 2.45) is 4.99 Å². The summed E-state index contributed by atoms with van der Waals surface area (Å²) in [7, 11) is 0. The number of carbonyl (C=O) groups is 1. The molecule has 0 aliphatic carbocycles. The average Bonchev–Trinajstić information content (AvgIpc) is 2.71. The van der Waals surface area contributed by atoms with Crippen LogP contribution in [0.3, 0.4) is 0 Å². The Kier molecular flexibility index (Phi) is 10.7. The van der Waals surface area contributed by atoms with Crippen LogP contribution in [0.1, 0.15) is 31.9 Å².